The van der Waals surface area contributed by atoms with Gasteiger partial charge in [-0.1, -0.05) is 12.1 Å². The predicted molar refractivity (Wildman–Crippen MR) is 158 cm³/mol. The fourth-order valence-electron chi connectivity index (χ4n) is 6.28. The number of aromatic amines is 2. The van der Waals surface area contributed by atoms with Crippen molar-refractivity contribution >= 4 is 65.5 Å². The van der Waals surface area contributed by atoms with Crippen molar-refractivity contribution in [1.82, 2.24) is 25.0 Å². The van der Waals surface area contributed by atoms with Gasteiger partial charge in [0.15, 0.2) is 0 Å². The summed E-state index contributed by atoms with van der Waals surface area (Å²) in [7, 11) is 0. The third-order valence-electron chi connectivity index (χ3n) is 8.35. The van der Waals surface area contributed by atoms with Crippen LogP contribution in [0.2, 0.25) is 0 Å². The highest BCUT2D eigenvalue weighted by molar-refractivity contribution is 9.11. The Hall–Kier alpha value is -3.26. The molecule has 2 amide bonds. The number of hydrogen-bond acceptors (Lipinski definition) is 4. The van der Waals surface area contributed by atoms with Crippen LogP contribution < -0.4 is 5.56 Å². The fraction of sp³-hybridized carbons (Fsp3) is 0.379. The molecule has 4 heterocycles. The van der Waals surface area contributed by atoms with Crippen LogP contribution in [0.5, 0.6) is 0 Å². The van der Waals surface area contributed by atoms with Crippen molar-refractivity contribution in [2.24, 2.45) is 5.92 Å². The molecule has 0 radical (unpaired) electrons. The molecule has 1 saturated heterocycles. The topological polar surface area (TPSA) is 102 Å². The van der Waals surface area contributed by atoms with Gasteiger partial charge in [0.1, 0.15) is 22.5 Å². The Morgan fingerprint density at radius 1 is 1.12 bits per heavy atom. The number of halogens is 6. The summed E-state index contributed by atoms with van der Waals surface area (Å²) in [6.45, 7) is -1.06. The molecule has 6 rings (SSSR count). The largest absolute Gasteiger partial charge is 0.406 e. The van der Waals surface area contributed by atoms with Gasteiger partial charge < -0.3 is 14.8 Å². The minimum atomic E-state index is -4.62. The second-order valence-corrected chi connectivity index (χ2v) is 12.7. The number of aromatic nitrogens is 3. The first-order valence-electron chi connectivity index (χ1n) is 13.7. The number of rotatable bonds is 4. The van der Waals surface area contributed by atoms with Gasteiger partial charge in [-0.15, -0.1) is 0 Å². The average Bonchev–Trinajstić information content (AvgIpc) is 3.30. The Balaban J connectivity index is 1.21. The highest BCUT2D eigenvalue weighted by Crippen LogP contribution is 2.38. The summed E-state index contributed by atoms with van der Waals surface area (Å²) in [6, 6.07) is 8.00. The maximum Gasteiger partial charge on any atom is 0.406 e. The van der Waals surface area contributed by atoms with Gasteiger partial charge in [-0.2, -0.15) is 18.3 Å². The zero-order valence-electron chi connectivity index (χ0n) is 22.5. The average molecular weight is 727 g/mol. The van der Waals surface area contributed by atoms with Gasteiger partial charge in [0, 0.05) is 46.9 Å². The molecule has 2 aromatic heterocycles. The van der Waals surface area contributed by atoms with Crippen LogP contribution in [0.4, 0.5) is 17.6 Å². The number of nitrogens with one attached hydrogen (secondary N) is 2. The van der Waals surface area contributed by atoms with Crippen molar-refractivity contribution in [2.75, 3.05) is 19.6 Å². The van der Waals surface area contributed by atoms with Crippen LogP contribution in [0.1, 0.15) is 41.9 Å². The summed E-state index contributed by atoms with van der Waals surface area (Å²) >= 11 is 6.86. The van der Waals surface area contributed by atoms with Crippen LogP contribution in [-0.4, -0.2) is 62.6 Å². The number of alkyl halides is 3. The van der Waals surface area contributed by atoms with E-state index in [1.165, 1.54) is 6.07 Å². The second-order valence-electron chi connectivity index (χ2n) is 11.1. The van der Waals surface area contributed by atoms with Crippen LogP contribution in [0.3, 0.4) is 0 Å². The van der Waals surface area contributed by atoms with Crippen LogP contribution in [0.15, 0.2) is 44.2 Å². The SMILES string of the molecule is O=C(C[C@@H]1Cc2cc(Br)c3n[nH]c(Br)c3c2CN(CC(F)(F)F)C1=O)N1CCC(c2cc3cccc(F)c3[nH]c2=O)CC1. The van der Waals surface area contributed by atoms with Gasteiger partial charge in [0.2, 0.25) is 11.8 Å². The number of fused-ring (bicyclic) bond motifs is 4. The molecule has 1 fully saturated rings. The Morgan fingerprint density at radius 2 is 1.86 bits per heavy atom. The molecule has 2 aliphatic rings. The normalized spacial score (nSPS) is 18.4. The first kappa shape index (κ1) is 29.8. The summed E-state index contributed by atoms with van der Waals surface area (Å²) < 4.78 is 55.9. The molecule has 14 heteroatoms. The number of piperidine rings is 1. The fourth-order valence-corrected chi connectivity index (χ4v) is 7.36. The molecule has 0 saturated carbocycles. The molecule has 43 heavy (non-hydrogen) atoms. The molecule has 0 bridgehead atoms. The third-order valence-corrected chi connectivity index (χ3v) is 9.53. The molecule has 8 nitrogen and oxygen atoms in total. The van der Waals surface area contributed by atoms with E-state index in [2.05, 4.69) is 47.0 Å². The van der Waals surface area contributed by atoms with Crippen LogP contribution in [0, 0.1) is 11.7 Å². The first-order chi connectivity index (χ1) is 20.4. The summed E-state index contributed by atoms with van der Waals surface area (Å²) in [6.07, 6.45) is -3.80. The van der Waals surface area contributed by atoms with Crippen LogP contribution in [-0.2, 0) is 22.6 Å². The standard InChI is InChI=1S/C29H25Br2F4N5O3/c30-20-10-16-8-17(28(43)40(13-29(33,34)35)12-19(16)23-25(20)37-38-26(23)31)11-22(41)39-6-4-14(5-7-39)18-9-15-2-1-3-21(32)24(15)36-27(18)42/h1-3,9-10,14,17H,4-8,11-13H2,(H,36,42)(H,37,38)/t17-/m0/s1. The van der Waals surface area contributed by atoms with Gasteiger partial charge >= 0.3 is 6.18 Å². The molecular formula is C29H25Br2F4N5O3. The Kier molecular flexibility index (Phi) is 7.86. The van der Waals surface area contributed by atoms with Gasteiger partial charge in [0.05, 0.1) is 11.4 Å². The minimum absolute atomic E-state index is 0.0971. The molecule has 2 aromatic carbocycles. The summed E-state index contributed by atoms with van der Waals surface area (Å²) in [5.41, 5.74) is 2.03. The van der Waals surface area contributed by atoms with Crippen molar-refractivity contribution in [2.45, 2.75) is 44.3 Å². The van der Waals surface area contributed by atoms with E-state index in [0.717, 1.165) is 4.90 Å². The van der Waals surface area contributed by atoms with E-state index in [4.69, 9.17) is 0 Å². The second kappa shape index (κ2) is 11.3. The number of amides is 2. The van der Waals surface area contributed by atoms with Crippen molar-refractivity contribution in [3.05, 3.63) is 72.3 Å². The highest BCUT2D eigenvalue weighted by Gasteiger charge is 2.40. The Labute approximate surface area is 259 Å². The van der Waals surface area contributed by atoms with Crippen molar-refractivity contribution < 1.29 is 27.2 Å². The molecule has 2 aliphatic heterocycles. The van der Waals surface area contributed by atoms with Crippen molar-refractivity contribution in [3.8, 4) is 0 Å². The molecule has 0 spiro atoms. The maximum absolute atomic E-state index is 14.1. The van der Waals surface area contributed by atoms with E-state index >= 15 is 0 Å². The maximum atomic E-state index is 14.1. The number of H-pyrrole nitrogens is 2. The molecule has 226 valence electrons. The quantitative estimate of drug-likeness (QED) is 0.255. The highest BCUT2D eigenvalue weighted by atomic mass is 79.9. The zero-order chi connectivity index (χ0) is 30.6. The lowest BCUT2D eigenvalue weighted by molar-refractivity contribution is -0.165. The number of nitrogens with zero attached hydrogens (tertiary/aromatic N) is 3. The van der Waals surface area contributed by atoms with E-state index in [0.29, 0.717) is 68.0 Å². The van der Waals surface area contributed by atoms with Gasteiger partial charge in [0.25, 0.3) is 5.56 Å². The van der Waals surface area contributed by atoms with E-state index in [9.17, 15) is 31.9 Å². The molecule has 0 aliphatic carbocycles. The monoisotopic (exact) mass is 725 g/mol. The first-order valence-corrected chi connectivity index (χ1v) is 15.3. The number of pyridine rings is 1. The summed E-state index contributed by atoms with van der Waals surface area (Å²) in [4.78, 5) is 44.7. The van der Waals surface area contributed by atoms with Crippen LogP contribution in [0.25, 0.3) is 21.8 Å². The lowest BCUT2D eigenvalue weighted by Crippen LogP contribution is -2.44. The molecular weight excluding hydrogens is 702 g/mol. The van der Waals surface area contributed by atoms with Gasteiger partial charge in [-0.25, -0.2) is 4.39 Å². The molecule has 1 atom stereocenters. The van der Waals surface area contributed by atoms with Gasteiger partial charge in [-0.3, -0.25) is 19.5 Å². The lowest BCUT2D eigenvalue weighted by Gasteiger charge is -2.33. The molecule has 2 N–H and O–H groups in total. The lowest BCUT2D eigenvalue weighted by atomic mass is 9.88. The summed E-state index contributed by atoms with van der Waals surface area (Å²) in [5, 5.41) is 8.17. The number of hydrogen-bond donors (Lipinski definition) is 2. The minimum Gasteiger partial charge on any atom is -0.343 e. The van der Waals surface area contributed by atoms with E-state index < -0.39 is 30.4 Å². The van der Waals surface area contributed by atoms with Crippen LogP contribution >= 0.6 is 31.9 Å². The Bertz CT molecular complexity index is 1810. The van der Waals surface area contributed by atoms with Crippen molar-refractivity contribution in [1.29, 1.82) is 0 Å². The zero-order valence-corrected chi connectivity index (χ0v) is 25.7. The molecule has 0 unspecified atom stereocenters. The van der Waals surface area contributed by atoms with Gasteiger partial charge in [-0.05, 0) is 86.4 Å². The predicted octanol–water partition coefficient (Wildman–Crippen LogP) is 5.93. The number of carbonyl (C=O) groups excluding carboxylic acids is 2. The number of carbonyl (C=O) groups is 2. The third kappa shape index (κ3) is 5.83. The summed E-state index contributed by atoms with van der Waals surface area (Å²) in [5.74, 6) is -2.70. The van der Waals surface area contributed by atoms with E-state index in [1.54, 1.807) is 29.2 Å². The smallest absolute Gasteiger partial charge is 0.343 e. The van der Waals surface area contributed by atoms with E-state index in [-0.39, 0.29) is 42.3 Å². The van der Waals surface area contributed by atoms with Crippen molar-refractivity contribution in [3.63, 3.8) is 0 Å². The molecule has 4 aromatic rings. The van der Waals surface area contributed by atoms with E-state index in [1.807, 2.05) is 0 Å². The number of benzene rings is 2. The Morgan fingerprint density at radius 3 is 2.58 bits per heavy atom. The number of likely N-dealkylation sites (tertiary alicyclic amines) is 1. The number of para-hydroxylation sites is 1.